The van der Waals surface area contributed by atoms with Crippen LogP contribution < -0.4 is 0 Å². The van der Waals surface area contributed by atoms with Crippen molar-refractivity contribution in [3.63, 3.8) is 0 Å². The molecule has 0 amide bonds. The first-order valence-electron chi connectivity index (χ1n) is 10.3. The van der Waals surface area contributed by atoms with Crippen molar-refractivity contribution in [1.29, 1.82) is 0 Å². The van der Waals surface area contributed by atoms with E-state index in [4.69, 9.17) is 4.74 Å². The first kappa shape index (κ1) is 26.1. The van der Waals surface area contributed by atoms with Crippen molar-refractivity contribution < 1.29 is 37.5 Å². The van der Waals surface area contributed by atoms with Crippen LogP contribution in [0.2, 0.25) is 0 Å². The van der Waals surface area contributed by atoms with Gasteiger partial charge in [-0.1, -0.05) is 82.2 Å². The van der Waals surface area contributed by atoms with Gasteiger partial charge in [0.25, 0.3) is 0 Å². The molecule has 170 valence electrons. The molecular formula is C21H32O8S. The SMILES string of the molecule is CCCCCCCCCC(C(=O)O)C(OCCc1ccccc1)(C(=O)O)S(=O)(=O)O. The number of ether oxygens (including phenoxy) is 1. The van der Waals surface area contributed by atoms with Gasteiger partial charge < -0.3 is 14.9 Å². The summed E-state index contributed by atoms with van der Waals surface area (Å²) in [5.74, 6) is -5.61. The van der Waals surface area contributed by atoms with Crippen LogP contribution in [-0.2, 0) is 30.9 Å². The number of benzene rings is 1. The third kappa shape index (κ3) is 7.37. The topological polar surface area (TPSA) is 138 Å². The number of unbranched alkanes of at least 4 members (excludes halogenated alkanes) is 6. The van der Waals surface area contributed by atoms with Gasteiger partial charge in [0.1, 0.15) is 5.92 Å². The smallest absolute Gasteiger partial charge is 0.355 e. The minimum Gasteiger partial charge on any atom is -0.481 e. The summed E-state index contributed by atoms with van der Waals surface area (Å²) in [4.78, 5) is 20.5. The zero-order valence-corrected chi connectivity index (χ0v) is 18.1. The van der Waals surface area contributed by atoms with E-state index in [9.17, 15) is 32.8 Å². The molecule has 1 aromatic carbocycles. The number of hydrogen-bond acceptors (Lipinski definition) is 5. The average Bonchev–Trinajstić information content (AvgIpc) is 2.67. The molecule has 0 fully saturated rings. The van der Waals surface area contributed by atoms with E-state index in [1.165, 1.54) is 0 Å². The maximum absolute atomic E-state index is 12.1. The van der Waals surface area contributed by atoms with Crippen molar-refractivity contribution in [3.05, 3.63) is 35.9 Å². The molecular weight excluding hydrogens is 412 g/mol. The van der Waals surface area contributed by atoms with Crippen LogP contribution in [0.1, 0.15) is 63.9 Å². The molecule has 0 aliphatic heterocycles. The third-order valence-corrected chi connectivity index (χ3v) is 6.43. The number of carboxylic acid groups (broad SMARTS) is 2. The Labute approximate surface area is 178 Å². The summed E-state index contributed by atoms with van der Waals surface area (Å²) in [6.07, 6.45) is 5.96. The Morgan fingerprint density at radius 2 is 1.57 bits per heavy atom. The number of carbonyl (C=O) groups is 2. The minimum atomic E-state index is -5.38. The number of rotatable bonds is 16. The number of carboxylic acids is 2. The molecule has 2 unspecified atom stereocenters. The Morgan fingerprint density at radius 1 is 1.00 bits per heavy atom. The van der Waals surface area contributed by atoms with Crippen LogP contribution in [0.15, 0.2) is 30.3 Å². The van der Waals surface area contributed by atoms with Crippen LogP contribution >= 0.6 is 0 Å². The summed E-state index contributed by atoms with van der Waals surface area (Å²) in [6, 6.07) is 8.78. The highest BCUT2D eigenvalue weighted by molar-refractivity contribution is 7.88. The Kier molecular flexibility index (Phi) is 11.0. The van der Waals surface area contributed by atoms with Crippen molar-refractivity contribution in [2.24, 2.45) is 5.92 Å². The van der Waals surface area contributed by atoms with E-state index in [2.05, 4.69) is 6.92 Å². The zero-order valence-electron chi connectivity index (χ0n) is 17.3. The Hall–Kier alpha value is -1.97. The predicted molar refractivity (Wildman–Crippen MR) is 112 cm³/mol. The first-order chi connectivity index (χ1) is 14.2. The summed E-state index contributed by atoms with van der Waals surface area (Å²) in [5, 5.41) is 19.2. The maximum atomic E-state index is 12.1. The molecule has 0 aliphatic rings. The molecule has 0 bridgehead atoms. The normalized spacial score (nSPS) is 14.7. The molecule has 1 aromatic rings. The summed E-state index contributed by atoms with van der Waals surface area (Å²) in [6.45, 7) is 1.72. The van der Waals surface area contributed by atoms with E-state index in [1.54, 1.807) is 30.3 Å². The Bertz CT molecular complexity index is 762. The summed E-state index contributed by atoms with van der Waals surface area (Å²) in [5.41, 5.74) is 0.756. The van der Waals surface area contributed by atoms with Gasteiger partial charge in [0.05, 0.1) is 6.61 Å². The predicted octanol–water partition coefficient (Wildman–Crippen LogP) is 3.76. The van der Waals surface area contributed by atoms with Crippen molar-refractivity contribution in [2.75, 3.05) is 6.61 Å². The van der Waals surface area contributed by atoms with Crippen LogP contribution in [0, 0.1) is 5.92 Å². The Balaban J connectivity index is 2.93. The van der Waals surface area contributed by atoms with Gasteiger partial charge in [-0.25, -0.2) is 4.79 Å². The number of hydrogen-bond donors (Lipinski definition) is 3. The van der Waals surface area contributed by atoms with E-state index in [1.807, 2.05) is 0 Å². The number of aliphatic carboxylic acids is 2. The van der Waals surface area contributed by atoms with Gasteiger partial charge in [-0.05, 0) is 18.4 Å². The molecule has 0 aliphatic carbocycles. The fraction of sp³-hybridized carbons (Fsp3) is 0.619. The lowest BCUT2D eigenvalue weighted by molar-refractivity contribution is -0.171. The molecule has 0 aromatic heterocycles. The standard InChI is InChI=1S/C21H32O8S/c1-2-3-4-5-6-7-11-14-18(19(22)23)21(20(24)25,30(26,27)28)29-16-15-17-12-9-8-10-13-17/h8-10,12-13,18H,2-7,11,14-16H2,1H3,(H,22,23)(H,24,25)(H,26,27,28). The second kappa shape index (κ2) is 12.7. The van der Waals surface area contributed by atoms with Crippen molar-refractivity contribution in [3.8, 4) is 0 Å². The van der Waals surface area contributed by atoms with Gasteiger partial charge >= 0.3 is 27.0 Å². The first-order valence-corrected chi connectivity index (χ1v) is 11.7. The second-order valence-electron chi connectivity index (χ2n) is 7.33. The lowest BCUT2D eigenvalue weighted by Crippen LogP contribution is -2.57. The van der Waals surface area contributed by atoms with Crippen LogP contribution in [0.4, 0.5) is 0 Å². The van der Waals surface area contributed by atoms with Gasteiger partial charge in [-0.2, -0.15) is 8.42 Å². The maximum Gasteiger partial charge on any atom is 0.355 e. The molecule has 8 nitrogen and oxygen atoms in total. The lowest BCUT2D eigenvalue weighted by Gasteiger charge is -2.31. The molecule has 0 saturated carbocycles. The molecule has 30 heavy (non-hydrogen) atoms. The van der Waals surface area contributed by atoms with E-state index in [0.717, 1.165) is 37.7 Å². The highest BCUT2D eigenvalue weighted by Gasteiger charge is 2.61. The molecule has 9 heteroatoms. The second-order valence-corrected chi connectivity index (χ2v) is 8.89. The van der Waals surface area contributed by atoms with Crippen LogP contribution in [0.5, 0.6) is 0 Å². The van der Waals surface area contributed by atoms with Crippen molar-refractivity contribution >= 4 is 22.1 Å². The molecule has 0 spiro atoms. The molecule has 0 heterocycles. The summed E-state index contributed by atoms with van der Waals surface area (Å²) >= 11 is 0. The van der Waals surface area contributed by atoms with Crippen LogP contribution in [0.25, 0.3) is 0 Å². The van der Waals surface area contributed by atoms with Crippen molar-refractivity contribution in [1.82, 2.24) is 0 Å². The molecule has 0 radical (unpaired) electrons. The largest absolute Gasteiger partial charge is 0.481 e. The highest BCUT2D eigenvalue weighted by atomic mass is 32.2. The summed E-state index contributed by atoms with van der Waals surface area (Å²) in [7, 11) is -5.38. The molecule has 0 saturated heterocycles. The van der Waals surface area contributed by atoms with Gasteiger partial charge in [0.2, 0.25) is 0 Å². The van der Waals surface area contributed by atoms with E-state index >= 15 is 0 Å². The van der Waals surface area contributed by atoms with Gasteiger partial charge in [-0.3, -0.25) is 9.35 Å². The fourth-order valence-corrected chi connectivity index (χ4v) is 4.45. The fourth-order valence-electron chi connectivity index (χ4n) is 3.42. The molecule has 1 rings (SSSR count). The monoisotopic (exact) mass is 444 g/mol. The highest BCUT2D eigenvalue weighted by Crippen LogP contribution is 2.33. The Morgan fingerprint density at radius 3 is 2.07 bits per heavy atom. The lowest BCUT2D eigenvalue weighted by atomic mass is 9.94. The average molecular weight is 445 g/mol. The molecule has 3 N–H and O–H groups in total. The van der Waals surface area contributed by atoms with Crippen molar-refractivity contribution in [2.45, 2.75) is 69.6 Å². The van der Waals surface area contributed by atoms with E-state index in [0.29, 0.717) is 12.8 Å². The van der Waals surface area contributed by atoms with Gasteiger partial charge in [0, 0.05) is 0 Å². The third-order valence-electron chi connectivity index (χ3n) is 5.08. The van der Waals surface area contributed by atoms with E-state index in [-0.39, 0.29) is 19.4 Å². The zero-order chi connectivity index (χ0) is 22.6. The van der Waals surface area contributed by atoms with Crippen LogP contribution in [0.3, 0.4) is 0 Å². The molecule has 2 atom stereocenters. The quantitative estimate of drug-likeness (QED) is 0.259. The van der Waals surface area contributed by atoms with E-state index < -0.39 is 32.9 Å². The van der Waals surface area contributed by atoms with Gasteiger partial charge in [0.15, 0.2) is 0 Å². The summed E-state index contributed by atoms with van der Waals surface area (Å²) < 4.78 is 39.0. The minimum absolute atomic E-state index is 0.162. The van der Waals surface area contributed by atoms with Gasteiger partial charge in [-0.15, -0.1) is 0 Å². The van der Waals surface area contributed by atoms with Crippen LogP contribution in [-0.4, -0.2) is 46.7 Å².